The molecule has 2 heterocycles. The summed E-state index contributed by atoms with van der Waals surface area (Å²) < 4.78 is 1.13. The van der Waals surface area contributed by atoms with E-state index in [-0.39, 0.29) is 10.8 Å². The highest BCUT2D eigenvalue weighted by Crippen LogP contribution is 2.58. The van der Waals surface area contributed by atoms with Gasteiger partial charge in [-0.05, 0) is 36.6 Å². The lowest BCUT2D eigenvalue weighted by Crippen LogP contribution is -2.49. The van der Waals surface area contributed by atoms with Crippen molar-refractivity contribution in [1.29, 1.82) is 0 Å². The second-order valence-electron chi connectivity index (χ2n) is 6.36. The molecule has 2 nitrogen and oxygen atoms in total. The summed E-state index contributed by atoms with van der Waals surface area (Å²) in [5, 5.41) is 3.72. The van der Waals surface area contributed by atoms with Gasteiger partial charge in [0.1, 0.15) is 0 Å². The number of nitrogens with zero attached hydrogens (tertiary/aromatic N) is 1. The molecular formula is C16H21BrN2. The fraction of sp³-hybridized carbons (Fsp3) is 0.500. The summed E-state index contributed by atoms with van der Waals surface area (Å²) in [5.41, 5.74) is 2.89. The predicted octanol–water partition coefficient (Wildman–Crippen LogP) is 3.99. The highest BCUT2D eigenvalue weighted by molar-refractivity contribution is 9.10. The summed E-state index contributed by atoms with van der Waals surface area (Å²) in [7, 11) is 2.21. The second-order valence-corrected chi connectivity index (χ2v) is 7.28. The van der Waals surface area contributed by atoms with Crippen LogP contribution in [0.5, 0.6) is 0 Å². The monoisotopic (exact) mass is 320 g/mol. The Balaban J connectivity index is 2.22. The normalized spacial score (nSPS) is 29.8. The number of hydrogen-bond acceptors (Lipinski definition) is 2. The molecule has 0 saturated carbocycles. The minimum Gasteiger partial charge on any atom is -0.369 e. The van der Waals surface area contributed by atoms with Crippen molar-refractivity contribution in [3.8, 4) is 0 Å². The zero-order chi connectivity index (χ0) is 13.8. The molecule has 3 heteroatoms. The number of benzene rings is 1. The van der Waals surface area contributed by atoms with Gasteiger partial charge in [-0.25, -0.2) is 0 Å². The van der Waals surface area contributed by atoms with Crippen LogP contribution in [0.1, 0.15) is 25.8 Å². The zero-order valence-corrected chi connectivity index (χ0v) is 13.4. The number of fused-ring (bicyclic) bond motifs is 3. The molecule has 0 radical (unpaired) electrons. The summed E-state index contributed by atoms with van der Waals surface area (Å²) in [4.78, 5) is 2.43. The van der Waals surface area contributed by atoms with Crippen LogP contribution in [0.3, 0.4) is 0 Å². The predicted molar refractivity (Wildman–Crippen MR) is 84.5 cm³/mol. The summed E-state index contributed by atoms with van der Waals surface area (Å²) in [6.45, 7) is 9.84. The molecule has 1 saturated heterocycles. The van der Waals surface area contributed by atoms with E-state index in [0.29, 0.717) is 6.17 Å². The van der Waals surface area contributed by atoms with Gasteiger partial charge in [0, 0.05) is 22.1 Å². The number of rotatable bonds is 2. The van der Waals surface area contributed by atoms with Crippen LogP contribution in [0.15, 0.2) is 35.3 Å². The molecule has 0 bridgehead atoms. The van der Waals surface area contributed by atoms with Crippen LogP contribution in [0.2, 0.25) is 0 Å². The van der Waals surface area contributed by atoms with E-state index < -0.39 is 0 Å². The summed E-state index contributed by atoms with van der Waals surface area (Å²) >= 11 is 3.57. The number of halogens is 1. The van der Waals surface area contributed by atoms with Crippen LogP contribution in [-0.2, 0) is 5.41 Å². The first-order valence-electron chi connectivity index (χ1n) is 6.83. The molecule has 0 amide bonds. The molecule has 2 aliphatic rings. The Labute approximate surface area is 124 Å². The van der Waals surface area contributed by atoms with Crippen LogP contribution >= 0.6 is 15.9 Å². The van der Waals surface area contributed by atoms with Crippen LogP contribution in [0.4, 0.5) is 5.69 Å². The molecule has 0 aliphatic carbocycles. The maximum absolute atomic E-state index is 4.09. The van der Waals surface area contributed by atoms with E-state index in [1.54, 1.807) is 0 Å². The van der Waals surface area contributed by atoms with Crippen molar-refractivity contribution in [2.45, 2.75) is 31.8 Å². The van der Waals surface area contributed by atoms with Crippen LogP contribution < -0.4 is 5.32 Å². The maximum Gasteiger partial charge on any atom is 0.0899 e. The fourth-order valence-corrected chi connectivity index (χ4v) is 4.25. The number of hydrogen-bond donors (Lipinski definition) is 1. The molecule has 1 aromatic rings. The Kier molecular flexibility index (Phi) is 2.84. The average Bonchev–Trinajstić information content (AvgIpc) is 2.86. The van der Waals surface area contributed by atoms with Gasteiger partial charge in [0.15, 0.2) is 0 Å². The largest absolute Gasteiger partial charge is 0.369 e. The van der Waals surface area contributed by atoms with Gasteiger partial charge in [0.05, 0.1) is 6.17 Å². The third-order valence-corrected chi connectivity index (χ3v) is 5.67. The van der Waals surface area contributed by atoms with E-state index in [0.717, 1.165) is 11.0 Å². The van der Waals surface area contributed by atoms with Crippen molar-refractivity contribution in [2.24, 2.45) is 5.41 Å². The molecule has 2 atom stereocenters. The van der Waals surface area contributed by atoms with Gasteiger partial charge in [0.25, 0.3) is 0 Å². The molecule has 3 rings (SSSR count). The van der Waals surface area contributed by atoms with Gasteiger partial charge < -0.3 is 5.32 Å². The summed E-state index contributed by atoms with van der Waals surface area (Å²) in [6, 6.07) is 6.63. The van der Waals surface area contributed by atoms with E-state index in [2.05, 4.69) is 77.9 Å². The Morgan fingerprint density at radius 2 is 2.26 bits per heavy atom. The van der Waals surface area contributed by atoms with Gasteiger partial charge in [-0.1, -0.05) is 41.9 Å². The number of likely N-dealkylation sites (tertiary alicyclic amines) is 1. The first-order chi connectivity index (χ1) is 8.92. The van der Waals surface area contributed by atoms with Gasteiger partial charge in [-0.2, -0.15) is 0 Å². The van der Waals surface area contributed by atoms with E-state index in [4.69, 9.17) is 0 Å². The topological polar surface area (TPSA) is 15.3 Å². The lowest BCUT2D eigenvalue weighted by molar-refractivity contribution is 0.178. The summed E-state index contributed by atoms with van der Waals surface area (Å²) in [5.74, 6) is 0. The number of allylic oxidation sites excluding steroid dienone is 1. The minimum atomic E-state index is 0.0640. The van der Waals surface area contributed by atoms with Crippen LogP contribution in [0, 0.1) is 5.41 Å². The average molecular weight is 321 g/mol. The molecule has 102 valence electrons. The first-order valence-corrected chi connectivity index (χ1v) is 7.62. The van der Waals surface area contributed by atoms with E-state index in [1.807, 2.05) is 0 Å². The van der Waals surface area contributed by atoms with Gasteiger partial charge in [0.2, 0.25) is 0 Å². The van der Waals surface area contributed by atoms with Gasteiger partial charge in [-0.3, -0.25) is 4.90 Å². The first kappa shape index (κ1) is 13.2. The molecule has 1 fully saturated rings. The number of anilines is 1. The summed E-state index contributed by atoms with van der Waals surface area (Å²) in [6.07, 6.45) is 3.66. The molecule has 0 unspecified atom stereocenters. The molecule has 0 spiro atoms. The van der Waals surface area contributed by atoms with E-state index in [9.17, 15) is 0 Å². The van der Waals surface area contributed by atoms with Crippen molar-refractivity contribution < 1.29 is 0 Å². The molecule has 1 N–H and O–H groups in total. The quantitative estimate of drug-likeness (QED) is 0.829. The Bertz CT molecular complexity index is 538. The molecule has 19 heavy (non-hydrogen) atoms. The Morgan fingerprint density at radius 3 is 2.95 bits per heavy atom. The van der Waals surface area contributed by atoms with Crippen molar-refractivity contribution in [2.75, 3.05) is 18.9 Å². The molecular weight excluding hydrogens is 300 g/mol. The molecule has 2 aliphatic heterocycles. The highest BCUT2D eigenvalue weighted by atomic mass is 79.9. The SMILES string of the molecule is C=CC(C)(C)[C@]12CCN(C)[C@H]1Nc1cc(Br)ccc12. The van der Waals surface area contributed by atoms with Crippen LogP contribution in [-0.4, -0.2) is 24.7 Å². The van der Waals surface area contributed by atoms with Crippen molar-refractivity contribution in [3.05, 3.63) is 40.9 Å². The minimum absolute atomic E-state index is 0.0640. The fourth-order valence-electron chi connectivity index (χ4n) is 3.89. The molecule has 0 aromatic heterocycles. The van der Waals surface area contributed by atoms with Crippen molar-refractivity contribution in [3.63, 3.8) is 0 Å². The lowest BCUT2D eigenvalue weighted by atomic mass is 9.61. The highest BCUT2D eigenvalue weighted by Gasteiger charge is 2.59. The smallest absolute Gasteiger partial charge is 0.0899 e. The number of nitrogens with one attached hydrogen (secondary N) is 1. The van der Waals surface area contributed by atoms with Crippen LogP contribution in [0.25, 0.3) is 0 Å². The standard InChI is InChI=1S/C16H21BrN2/c1-5-15(2,3)16-8-9-19(4)14(16)18-13-10-11(17)6-7-12(13)16/h5-7,10,14,18H,1,8-9H2,2-4H3/t14-,16+/m1/s1. The Hall–Kier alpha value is -0.800. The van der Waals surface area contributed by atoms with Crippen molar-refractivity contribution >= 4 is 21.6 Å². The molecule has 1 aromatic carbocycles. The van der Waals surface area contributed by atoms with Gasteiger partial charge in [-0.15, -0.1) is 6.58 Å². The Morgan fingerprint density at radius 1 is 1.53 bits per heavy atom. The van der Waals surface area contributed by atoms with Crippen molar-refractivity contribution in [1.82, 2.24) is 4.90 Å². The maximum atomic E-state index is 4.09. The lowest BCUT2D eigenvalue weighted by Gasteiger charge is -2.43. The number of likely N-dealkylation sites (N-methyl/N-ethyl adjacent to an activating group) is 1. The third-order valence-electron chi connectivity index (χ3n) is 5.18. The van der Waals surface area contributed by atoms with E-state index in [1.165, 1.54) is 17.7 Å². The zero-order valence-electron chi connectivity index (χ0n) is 11.8. The van der Waals surface area contributed by atoms with E-state index >= 15 is 0 Å². The van der Waals surface area contributed by atoms with Gasteiger partial charge >= 0.3 is 0 Å². The third kappa shape index (κ3) is 1.58. The second kappa shape index (κ2) is 4.10.